The molecule has 1 heterocycles. The standard InChI is InChI=1S/C15H25NO5/c1-7-19-12(17)9-8-11-10-20-15(5,6)16(11)13(18)21-14(2,3)4/h8-9,11H,7,10H2,1-6H3/t11-/m0/s1. The van der Waals surface area contributed by atoms with Crippen LogP contribution in [0.2, 0.25) is 0 Å². The van der Waals surface area contributed by atoms with Gasteiger partial charge in [0, 0.05) is 6.08 Å². The molecule has 0 radical (unpaired) electrons. The second-order valence-electron chi connectivity index (χ2n) is 6.29. The van der Waals surface area contributed by atoms with E-state index in [-0.39, 0.29) is 6.04 Å². The number of esters is 1. The number of nitrogens with zero attached hydrogens (tertiary/aromatic N) is 1. The lowest BCUT2D eigenvalue weighted by Gasteiger charge is -2.34. The van der Waals surface area contributed by atoms with E-state index >= 15 is 0 Å². The van der Waals surface area contributed by atoms with Gasteiger partial charge in [-0.3, -0.25) is 4.90 Å². The molecule has 0 aromatic heterocycles. The fraction of sp³-hybridized carbons (Fsp3) is 0.733. The zero-order chi connectivity index (χ0) is 16.3. The normalized spacial score (nSPS) is 21.6. The molecule has 120 valence electrons. The van der Waals surface area contributed by atoms with Crippen LogP contribution in [0.3, 0.4) is 0 Å². The number of hydrogen-bond donors (Lipinski definition) is 0. The summed E-state index contributed by atoms with van der Waals surface area (Å²) in [4.78, 5) is 25.2. The van der Waals surface area contributed by atoms with Crippen molar-refractivity contribution in [1.29, 1.82) is 0 Å². The van der Waals surface area contributed by atoms with Crippen LogP contribution in [-0.4, -0.2) is 47.5 Å². The third-order valence-corrected chi connectivity index (χ3v) is 2.85. The van der Waals surface area contributed by atoms with E-state index in [2.05, 4.69) is 0 Å². The molecule has 1 saturated heterocycles. The van der Waals surface area contributed by atoms with Crippen LogP contribution < -0.4 is 0 Å². The summed E-state index contributed by atoms with van der Waals surface area (Å²) in [5, 5.41) is 0. The van der Waals surface area contributed by atoms with Crippen molar-refractivity contribution >= 4 is 12.1 Å². The monoisotopic (exact) mass is 299 g/mol. The van der Waals surface area contributed by atoms with Crippen molar-refractivity contribution in [2.24, 2.45) is 0 Å². The van der Waals surface area contributed by atoms with E-state index in [9.17, 15) is 9.59 Å². The molecule has 0 aromatic carbocycles. The third-order valence-electron chi connectivity index (χ3n) is 2.85. The summed E-state index contributed by atoms with van der Waals surface area (Å²) in [7, 11) is 0. The smallest absolute Gasteiger partial charge is 0.413 e. The first-order valence-corrected chi connectivity index (χ1v) is 7.08. The lowest BCUT2D eigenvalue weighted by molar-refractivity contribution is -0.137. The maximum Gasteiger partial charge on any atom is 0.413 e. The van der Waals surface area contributed by atoms with E-state index < -0.39 is 23.4 Å². The van der Waals surface area contributed by atoms with E-state index in [1.165, 1.54) is 11.0 Å². The van der Waals surface area contributed by atoms with Crippen molar-refractivity contribution in [3.05, 3.63) is 12.2 Å². The Hall–Kier alpha value is -1.56. The van der Waals surface area contributed by atoms with Gasteiger partial charge in [-0.2, -0.15) is 0 Å². The first kappa shape index (κ1) is 17.5. The van der Waals surface area contributed by atoms with Crippen LogP contribution in [-0.2, 0) is 19.0 Å². The third kappa shape index (κ3) is 5.04. The zero-order valence-corrected chi connectivity index (χ0v) is 13.6. The molecular weight excluding hydrogens is 274 g/mol. The molecule has 0 N–H and O–H groups in total. The number of ether oxygens (including phenoxy) is 3. The molecule has 1 aliphatic heterocycles. The highest BCUT2D eigenvalue weighted by Gasteiger charge is 2.44. The molecule has 0 bridgehead atoms. The predicted octanol–water partition coefficient (Wildman–Crippen LogP) is 2.48. The number of carbonyl (C=O) groups is 2. The number of hydrogen-bond acceptors (Lipinski definition) is 5. The van der Waals surface area contributed by atoms with Crippen molar-refractivity contribution in [3.8, 4) is 0 Å². The molecule has 0 saturated carbocycles. The highest BCUT2D eigenvalue weighted by atomic mass is 16.6. The SMILES string of the molecule is CCOC(=O)C=C[C@H]1COC(C)(C)N1C(=O)OC(C)(C)C. The number of carbonyl (C=O) groups excluding carboxylic acids is 2. The Kier molecular flexibility index (Phi) is 5.39. The van der Waals surface area contributed by atoms with Gasteiger partial charge in [-0.25, -0.2) is 9.59 Å². The van der Waals surface area contributed by atoms with Crippen molar-refractivity contribution in [1.82, 2.24) is 4.90 Å². The van der Waals surface area contributed by atoms with Crippen LogP contribution in [0.15, 0.2) is 12.2 Å². The second-order valence-corrected chi connectivity index (χ2v) is 6.29. The molecule has 0 aromatic rings. The highest BCUT2D eigenvalue weighted by molar-refractivity contribution is 5.82. The van der Waals surface area contributed by atoms with Gasteiger partial charge < -0.3 is 14.2 Å². The van der Waals surface area contributed by atoms with Gasteiger partial charge in [-0.1, -0.05) is 6.08 Å². The molecule has 1 atom stereocenters. The predicted molar refractivity (Wildman–Crippen MR) is 77.7 cm³/mol. The Labute approximate surface area is 126 Å². The van der Waals surface area contributed by atoms with Crippen molar-refractivity contribution in [2.45, 2.75) is 58.9 Å². The van der Waals surface area contributed by atoms with Gasteiger partial charge in [-0.05, 0) is 41.5 Å². The van der Waals surface area contributed by atoms with E-state index in [1.807, 2.05) is 0 Å². The molecule has 0 aliphatic carbocycles. The molecule has 21 heavy (non-hydrogen) atoms. The van der Waals surface area contributed by atoms with E-state index in [4.69, 9.17) is 14.2 Å². The van der Waals surface area contributed by atoms with Crippen LogP contribution in [0.4, 0.5) is 4.79 Å². The Balaban J connectivity index is 2.84. The lowest BCUT2D eigenvalue weighted by Crippen LogP contribution is -2.49. The van der Waals surface area contributed by atoms with Gasteiger partial charge >= 0.3 is 12.1 Å². The molecule has 1 amide bonds. The van der Waals surface area contributed by atoms with Crippen LogP contribution in [0, 0.1) is 0 Å². The summed E-state index contributed by atoms with van der Waals surface area (Å²) in [6, 6.07) is -0.362. The second kappa shape index (κ2) is 6.47. The van der Waals surface area contributed by atoms with E-state index in [0.717, 1.165) is 0 Å². The molecule has 0 unspecified atom stereocenters. The topological polar surface area (TPSA) is 65.1 Å². The van der Waals surface area contributed by atoms with Gasteiger partial charge in [-0.15, -0.1) is 0 Å². The maximum absolute atomic E-state index is 12.3. The van der Waals surface area contributed by atoms with Gasteiger partial charge in [0.15, 0.2) is 0 Å². The molecule has 1 aliphatic rings. The average molecular weight is 299 g/mol. The minimum atomic E-state index is -0.786. The number of amides is 1. The Morgan fingerprint density at radius 2 is 2.00 bits per heavy atom. The largest absolute Gasteiger partial charge is 0.463 e. The summed E-state index contributed by atoms with van der Waals surface area (Å²) in [5.41, 5.74) is -1.38. The van der Waals surface area contributed by atoms with Crippen LogP contribution >= 0.6 is 0 Å². The van der Waals surface area contributed by atoms with Gasteiger partial charge in [0.2, 0.25) is 0 Å². The van der Waals surface area contributed by atoms with Crippen LogP contribution in [0.25, 0.3) is 0 Å². The quantitative estimate of drug-likeness (QED) is 0.591. The van der Waals surface area contributed by atoms with E-state index in [1.54, 1.807) is 47.6 Å². The fourth-order valence-corrected chi connectivity index (χ4v) is 2.02. The van der Waals surface area contributed by atoms with Crippen LogP contribution in [0.5, 0.6) is 0 Å². The fourth-order valence-electron chi connectivity index (χ4n) is 2.02. The first-order chi connectivity index (χ1) is 9.57. The Bertz CT molecular complexity index is 422. The molecule has 1 fully saturated rings. The molecule has 6 nitrogen and oxygen atoms in total. The highest BCUT2D eigenvalue weighted by Crippen LogP contribution is 2.29. The molecule has 6 heteroatoms. The Morgan fingerprint density at radius 3 is 2.52 bits per heavy atom. The zero-order valence-electron chi connectivity index (χ0n) is 13.6. The summed E-state index contributed by atoms with van der Waals surface area (Å²) >= 11 is 0. The lowest BCUT2D eigenvalue weighted by atomic mass is 10.2. The van der Waals surface area contributed by atoms with Crippen molar-refractivity contribution in [2.75, 3.05) is 13.2 Å². The number of rotatable bonds is 3. The van der Waals surface area contributed by atoms with Gasteiger partial charge in [0.1, 0.15) is 11.3 Å². The van der Waals surface area contributed by atoms with E-state index in [0.29, 0.717) is 13.2 Å². The average Bonchev–Trinajstić information content (AvgIpc) is 2.60. The van der Waals surface area contributed by atoms with Crippen LogP contribution in [0.1, 0.15) is 41.5 Å². The summed E-state index contributed by atoms with van der Waals surface area (Å²) in [6.45, 7) is 11.3. The van der Waals surface area contributed by atoms with Crippen molar-refractivity contribution < 1.29 is 23.8 Å². The summed E-state index contributed by atoms with van der Waals surface area (Å²) in [5.74, 6) is -0.439. The Morgan fingerprint density at radius 1 is 1.38 bits per heavy atom. The molecular formula is C15H25NO5. The van der Waals surface area contributed by atoms with Gasteiger partial charge in [0.05, 0.1) is 19.3 Å². The maximum atomic E-state index is 12.3. The molecule has 0 spiro atoms. The summed E-state index contributed by atoms with van der Waals surface area (Å²) in [6.07, 6.45) is 2.45. The first-order valence-electron chi connectivity index (χ1n) is 7.08. The molecule has 1 rings (SSSR count). The summed E-state index contributed by atoms with van der Waals surface area (Å²) < 4.78 is 15.8. The van der Waals surface area contributed by atoms with Crippen molar-refractivity contribution in [3.63, 3.8) is 0 Å². The minimum Gasteiger partial charge on any atom is -0.463 e. The van der Waals surface area contributed by atoms with Gasteiger partial charge in [0.25, 0.3) is 0 Å². The minimum absolute atomic E-state index is 0.308.